The van der Waals surface area contributed by atoms with Crippen LogP contribution in [0.15, 0.2) is 52.3 Å². The van der Waals surface area contributed by atoms with Crippen molar-refractivity contribution < 1.29 is 4.79 Å². The lowest BCUT2D eigenvalue weighted by Gasteiger charge is -2.07. The van der Waals surface area contributed by atoms with Gasteiger partial charge in [-0.15, -0.1) is 0 Å². The molecule has 3 aromatic rings. The van der Waals surface area contributed by atoms with Crippen molar-refractivity contribution in [3.8, 4) is 0 Å². The number of hydrogen-bond acceptors (Lipinski definition) is 3. The number of nitrogens with zero attached hydrogens (tertiary/aromatic N) is 1. The van der Waals surface area contributed by atoms with Gasteiger partial charge in [0.25, 0.3) is 0 Å². The number of carbonyl (C=O) groups is 1. The molecule has 1 amide bonds. The molecule has 0 fully saturated rings. The van der Waals surface area contributed by atoms with Gasteiger partial charge in [0.1, 0.15) is 0 Å². The lowest BCUT2D eigenvalue weighted by molar-refractivity contribution is -0.116. The minimum atomic E-state index is -0.715. The fourth-order valence-electron chi connectivity index (χ4n) is 2.36. The number of H-pyrrole nitrogens is 2. The molecule has 3 rings (SSSR count). The molecule has 0 radical (unpaired) electrons. The summed E-state index contributed by atoms with van der Waals surface area (Å²) < 4.78 is 2.02. The maximum absolute atomic E-state index is 11.9. The second-order valence-electron chi connectivity index (χ2n) is 5.24. The summed E-state index contributed by atoms with van der Waals surface area (Å²) in [4.78, 5) is 39.5. The van der Waals surface area contributed by atoms with Gasteiger partial charge in [-0.2, -0.15) is 0 Å². The Morgan fingerprint density at radius 3 is 2.48 bits per heavy atom. The fourth-order valence-corrected chi connectivity index (χ4v) is 2.36. The van der Waals surface area contributed by atoms with E-state index < -0.39 is 11.1 Å². The van der Waals surface area contributed by atoms with E-state index in [-0.39, 0.29) is 5.91 Å². The van der Waals surface area contributed by atoms with E-state index in [9.17, 15) is 14.4 Å². The summed E-state index contributed by atoms with van der Waals surface area (Å²) in [6.45, 7) is 0.784. The lowest BCUT2D eigenvalue weighted by atomic mass is 10.2. The second kappa shape index (κ2) is 6.35. The van der Waals surface area contributed by atoms with E-state index in [1.165, 1.54) is 0 Å². The van der Waals surface area contributed by atoms with Crippen LogP contribution >= 0.6 is 0 Å². The molecule has 0 bridgehead atoms. The van der Waals surface area contributed by atoms with Gasteiger partial charge in [0.2, 0.25) is 5.91 Å². The quantitative estimate of drug-likeness (QED) is 0.621. The number of aromatic nitrogens is 3. The number of aryl methyl sites for hydroxylation is 1. The predicted octanol–water partition coefficient (Wildman–Crippen LogP) is 1.44. The topological polar surface area (TPSA) is 99.8 Å². The van der Waals surface area contributed by atoms with Crippen LogP contribution < -0.4 is 16.4 Å². The van der Waals surface area contributed by atoms with E-state index >= 15 is 0 Å². The van der Waals surface area contributed by atoms with E-state index in [1.807, 2.05) is 29.1 Å². The normalized spacial score (nSPS) is 10.8. The van der Waals surface area contributed by atoms with E-state index in [1.54, 1.807) is 18.2 Å². The Hall–Kier alpha value is -3.09. The zero-order chi connectivity index (χ0) is 16.2. The molecule has 7 nitrogen and oxygen atoms in total. The van der Waals surface area contributed by atoms with Crippen LogP contribution in [-0.4, -0.2) is 20.4 Å². The van der Waals surface area contributed by atoms with Crippen molar-refractivity contribution >= 4 is 22.6 Å². The third kappa shape index (κ3) is 3.57. The van der Waals surface area contributed by atoms with Gasteiger partial charge in [-0.3, -0.25) is 14.4 Å². The molecule has 23 heavy (non-hydrogen) atoms. The molecule has 0 aliphatic rings. The molecule has 3 N–H and O–H groups in total. The number of benzene rings is 1. The molecule has 118 valence electrons. The molecule has 0 unspecified atom stereocenters. The molecule has 0 atom stereocenters. The number of carbonyl (C=O) groups excluding carboxylic acids is 1. The second-order valence-corrected chi connectivity index (χ2v) is 5.24. The van der Waals surface area contributed by atoms with E-state index in [0.717, 1.165) is 13.0 Å². The summed E-state index contributed by atoms with van der Waals surface area (Å²) in [5.74, 6) is -0.0942. The third-order valence-electron chi connectivity index (χ3n) is 3.49. The smallest absolute Gasteiger partial charge is 0.314 e. The number of aromatic amines is 2. The Balaban J connectivity index is 1.64. The maximum Gasteiger partial charge on any atom is 0.314 e. The van der Waals surface area contributed by atoms with Crippen LogP contribution in [0.3, 0.4) is 0 Å². The van der Waals surface area contributed by atoms with Crippen LogP contribution in [0.25, 0.3) is 11.0 Å². The van der Waals surface area contributed by atoms with Crippen molar-refractivity contribution in [3.05, 3.63) is 63.4 Å². The van der Waals surface area contributed by atoms with E-state index in [2.05, 4.69) is 15.3 Å². The monoisotopic (exact) mass is 312 g/mol. The van der Waals surface area contributed by atoms with Crippen LogP contribution in [0.5, 0.6) is 0 Å². The molecule has 0 aliphatic heterocycles. The van der Waals surface area contributed by atoms with Crippen molar-refractivity contribution in [2.24, 2.45) is 0 Å². The number of fused-ring (bicyclic) bond motifs is 1. The number of rotatable bonds is 5. The maximum atomic E-state index is 11.9. The van der Waals surface area contributed by atoms with Gasteiger partial charge in [-0.25, -0.2) is 0 Å². The molecular weight excluding hydrogens is 296 g/mol. The van der Waals surface area contributed by atoms with Gasteiger partial charge in [-0.05, 0) is 36.8 Å². The molecule has 2 heterocycles. The molecule has 0 saturated heterocycles. The summed E-state index contributed by atoms with van der Waals surface area (Å²) in [7, 11) is 0. The average Bonchev–Trinajstić information content (AvgIpc) is 3.02. The Kier molecular flexibility index (Phi) is 4.09. The minimum absolute atomic E-state index is 0.0942. The Labute approximate surface area is 131 Å². The zero-order valence-electron chi connectivity index (χ0n) is 12.3. The highest BCUT2D eigenvalue weighted by atomic mass is 16.2. The van der Waals surface area contributed by atoms with Crippen molar-refractivity contribution in [1.82, 2.24) is 14.5 Å². The van der Waals surface area contributed by atoms with Crippen LogP contribution in [0, 0.1) is 0 Å². The number of nitrogens with one attached hydrogen (secondary N) is 3. The Bertz CT molecular complexity index is 938. The molecule has 0 aliphatic carbocycles. The number of amides is 1. The lowest BCUT2D eigenvalue weighted by Crippen LogP contribution is -2.28. The summed E-state index contributed by atoms with van der Waals surface area (Å²) in [5, 5.41) is 2.79. The minimum Gasteiger partial charge on any atom is -0.354 e. The van der Waals surface area contributed by atoms with Crippen LogP contribution in [-0.2, 0) is 11.3 Å². The van der Waals surface area contributed by atoms with Crippen LogP contribution in [0.1, 0.15) is 12.8 Å². The molecular formula is C16H16N4O3. The fraction of sp³-hybridized carbons (Fsp3) is 0.188. The van der Waals surface area contributed by atoms with Gasteiger partial charge in [0.15, 0.2) is 0 Å². The first-order chi connectivity index (χ1) is 11.1. The van der Waals surface area contributed by atoms with Crippen molar-refractivity contribution in [1.29, 1.82) is 0 Å². The third-order valence-corrected chi connectivity index (χ3v) is 3.49. The average molecular weight is 312 g/mol. The molecule has 7 heteroatoms. The van der Waals surface area contributed by atoms with Gasteiger partial charge >= 0.3 is 11.1 Å². The first kappa shape index (κ1) is 14.8. The van der Waals surface area contributed by atoms with Crippen molar-refractivity contribution in [3.63, 3.8) is 0 Å². The van der Waals surface area contributed by atoms with Gasteiger partial charge in [-0.1, -0.05) is 0 Å². The zero-order valence-corrected chi connectivity index (χ0v) is 12.3. The summed E-state index contributed by atoms with van der Waals surface area (Å²) in [5.41, 5.74) is 0.151. The van der Waals surface area contributed by atoms with E-state index in [0.29, 0.717) is 23.1 Å². The van der Waals surface area contributed by atoms with Crippen molar-refractivity contribution in [2.75, 3.05) is 5.32 Å². The van der Waals surface area contributed by atoms with E-state index in [4.69, 9.17) is 0 Å². The van der Waals surface area contributed by atoms with Gasteiger partial charge < -0.3 is 19.9 Å². The highest BCUT2D eigenvalue weighted by Crippen LogP contribution is 2.14. The summed E-state index contributed by atoms with van der Waals surface area (Å²) in [6, 6.07) is 8.83. The highest BCUT2D eigenvalue weighted by Gasteiger charge is 2.05. The molecule has 2 aromatic heterocycles. The standard InChI is InChI=1S/C16H16N4O3/c21-14(4-3-9-20-7-1-2-8-20)17-11-5-6-12-13(10-11)19-16(23)15(22)18-12/h1-2,5-8,10H,3-4,9H2,(H,17,21)(H,18,22)(H,19,23). The van der Waals surface area contributed by atoms with Gasteiger partial charge in [0, 0.05) is 31.0 Å². The van der Waals surface area contributed by atoms with Crippen LogP contribution in [0.4, 0.5) is 5.69 Å². The molecule has 1 aromatic carbocycles. The van der Waals surface area contributed by atoms with Crippen molar-refractivity contribution in [2.45, 2.75) is 19.4 Å². The Morgan fingerprint density at radius 2 is 1.74 bits per heavy atom. The SMILES string of the molecule is O=C(CCCn1cccc1)Nc1ccc2[nH]c(=O)c(=O)[nH]c2c1. The first-order valence-corrected chi connectivity index (χ1v) is 7.29. The molecule has 0 saturated carbocycles. The number of anilines is 1. The highest BCUT2D eigenvalue weighted by molar-refractivity contribution is 5.92. The summed E-state index contributed by atoms with van der Waals surface area (Å²) in [6.07, 6.45) is 5.05. The first-order valence-electron chi connectivity index (χ1n) is 7.29. The summed E-state index contributed by atoms with van der Waals surface area (Å²) >= 11 is 0. The predicted molar refractivity (Wildman–Crippen MR) is 87.5 cm³/mol. The van der Waals surface area contributed by atoms with Crippen LogP contribution in [0.2, 0.25) is 0 Å². The van der Waals surface area contributed by atoms with Gasteiger partial charge in [0.05, 0.1) is 11.0 Å². The molecule has 0 spiro atoms. The number of hydrogen-bond donors (Lipinski definition) is 3. The Morgan fingerprint density at radius 1 is 1.04 bits per heavy atom. The largest absolute Gasteiger partial charge is 0.354 e.